The first-order valence-electron chi connectivity index (χ1n) is 8.87. The SMILES string of the molecule is CCCc1c(C(=O)Nc2ccc(NC(C)=O)cc2)nnn1-c1ccc(Cl)cc1. The number of rotatable bonds is 6. The van der Waals surface area contributed by atoms with E-state index >= 15 is 0 Å². The lowest BCUT2D eigenvalue weighted by Crippen LogP contribution is -2.15. The number of carbonyl (C=O) groups is 2. The van der Waals surface area contributed by atoms with Crippen LogP contribution in [0.5, 0.6) is 0 Å². The van der Waals surface area contributed by atoms with Crippen LogP contribution >= 0.6 is 11.6 Å². The van der Waals surface area contributed by atoms with Gasteiger partial charge < -0.3 is 10.6 Å². The smallest absolute Gasteiger partial charge is 0.278 e. The zero-order valence-electron chi connectivity index (χ0n) is 15.6. The summed E-state index contributed by atoms with van der Waals surface area (Å²) >= 11 is 5.95. The van der Waals surface area contributed by atoms with Gasteiger partial charge >= 0.3 is 0 Å². The molecule has 0 unspecified atom stereocenters. The maximum atomic E-state index is 12.8. The van der Waals surface area contributed by atoms with Crippen molar-refractivity contribution in [2.75, 3.05) is 10.6 Å². The first-order chi connectivity index (χ1) is 13.5. The predicted molar refractivity (Wildman–Crippen MR) is 109 cm³/mol. The molecule has 3 rings (SSSR count). The molecule has 1 heterocycles. The van der Waals surface area contributed by atoms with Crippen molar-refractivity contribution in [3.05, 3.63) is 64.9 Å². The predicted octanol–water partition coefficient (Wildman–Crippen LogP) is 4.08. The summed E-state index contributed by atoms with van der Waals surface area (Å²) in [5, 5.41) is 14.4. The lowest BCUT2D eigenvalue weighted by molar-refractivity contribution is -0.114. The lowest BCUT2D eigenvalue weighted by atomic mass is 10.2. The highest BCUT2D eigenvalue weighted by molar-refractivity contribution is 6.30. The summed E-state index contributed by atoms with van der Waals surface area (Å²) in [5.41, 5.74) is 3.06. The Morgan fingerprint density at radius 2 is 1.61 bits per heavy atom. The molecule has 1 aromatic heterocycles. The van der Waals surface area contributed by atoms with E-state index in [-0.39, 0.29) is 17.5 Å². The van der Waals surface area contributed by atoms with Gasteiger partial charge in [0, 0.05) is 23.3 Å². The Morgan fingerprint density at radius 1 is 1.00 bits per heavy atom. The molecule has 7 nitrogen and oxygen atoms in total. The zero-order chi connectivity index (χ0) is 20.1. The quantitative estimate of drug-likeness (QED) is 0.655. The Hall–Kier alpha value is -3.19. The van der Waals surface area contributed by atoms with Gasteiger partial charge in [-0.3, -0.25) is 9.59 Å². The Morgan fingerprint density at radius 3 is 2.18 bits per heavy atom. The summed E-state index contributed by atoms with van der Waals surface area (Å²) in [4.78, 5) is 23.8. The first kappa shape index (κ1) is 19.6. The molecule has 3 aromatic rings. The van der Waals surface area contributed by atoms with Crippen LogP contribution in [0.2, 0.25) is 5.02 Å². The normalized spacial score (nSPS) is 10.5. The maximum Gasteiger partial charge on any atom is 0.278 e. The molecule has 0 bridgehead atoms. The van der Waals surface area contributed by atoms with Crippen molar-refractivity contribution < 1.29 is 9.59 Å². The van der Waals surface area contributed by atoms with Gasteiger partial charge in [0.1, 0.15) is 0 Å². The van der Waals surface area contributed by atoms with E-state index < -0.39 is 0 Å². The first-order valence-corrected chi connectivity index (χ1v) is 9.25. The summed E-state index contributed by atoms with van der Waals surface area (Å²) in [6, 6.07) is 14.1. The van der Waals surface area contributed by atoms with Crippen LogP contribution in [0.4, 0.5) is 11.4 Å². The van der Waals surface area contributed by atoms with Gasteiger partial charge in [0.25, 0.3) is 5.91 Å². The van der Waals surface area contributed by atoms with Gasteiger partial charge in [-0.15, -0.1) is 5.10 Å². The Bertz CT molecular complexity index is 981. The van der Waals surface area contributed by atoms with E-state index in [1.165, 1.54) is 6.92 Å². The number of hydrogen-bond donors (Lipinski definition) is 2. The number of nitrogens with zero attached hydrogens (tertiary/aromatic N) is 3. The number of anilines is 2. The summed E-state index contributed by atoms with van der Waals surface area (Å²) in [7, 11) is 0. The molecule has 0 aliphatic rings. The molecule has 0 aliphatic carbocycles. The number of carbonyl (C=O) groups excluding carboxylic acids is 2. The largest absolute Gasteiger partial charge is 0.326 e. The number of amides is 2. The average Bonchev–Trinajstić information content (AvgIpc) is 3.08. The monoisotopic (exact) mass is 397 g/mol. The molecule has 2 aromatic carbocycles. The molecule has 0 aliphatic heterocycles. The van der Waals surface area contributed by atoms with Crippen LogP contribution < -0.4 is 10.6 Å². The van der Waals surface area contributed by atoms with E-state index in [0.717, 1.165) is 17.8 Å². The molecule has 0 saturated heterocycles. The van der Waals surface area contributed by atoms with Gasteiger partial charge in [-0.1, -0.05) is 30.2 Å². The minimum absolute atomic E-state index is 0.153. The van der Waals surface area contributed by atoms with Crippen molar-refractivity contribution in [3.63, 3.8) is 0 Å². The molecule has 28 heavy (non-hydrogen) atoms. The topological polar surface area (TPSA) is 88.9 Å². The lowest BCUT2D eigenvalue weighted by Gasteiger charge is -2.08. The highest BCUT2D eigenvalue weighted by Crippen LogP contribution is 2.19. The zero-order valence-corrected chi connectivity index (χ0v) is 16.3. The van der Waals surface area contributed by atoms with Crippen LogP contribution in [0.3, 0.4) is 0 Å². The van der Waals surface area contributed by atoms with Crippen LogP contribution in [0.15, 0.2) is 48.5 Å². The van der Waals surface area contributed by atoms with Gasteiger partial charge in [0.2, 0.25) is 5.91 Å². The summed E-state index contributed by atoms with van der Waals surface area (Å²) in [6.07, 6.45) is 1.49. The Kier molecular flexibility index (Phi) is 6.06. The van der Waals surface area contributed by atoms with Crippen molar-refractivity contribution in [1.82, 2.24) is 15.0 Å². The van der Waals surface area contributed by atoms with E-state index in [0.29, 0.717) is 22.8 Å². The fourth-order valence-corrected chi connectivity index (χ4v) is 2.89. The standard InChI is InChI=1S/C20H20ClN5O2/c1-3-4-18-19(24-25-26(18)17-11-5-14(21)6-12-17)20(28)23-16-9-7-15(8-10-16)22-13(2)27/h5-12H,3-4H2,1-2H3,(H,22,27)(H,23,28). The second-order valence-corrected chi connectivity index (χ2v) is 6.67. The van der Waals surface area contributed by atoms with Crippen LogP contribution in [0.1, 0.15) is 36.5 Å². The third-order valence-corrected chi connectivity index (χ3v) is 4.25. The molecular formula is C20H20ClN5O2. The number of aromatic nitrogens is 3. The maximum absolute atomic E-state index is 12.8. The third kappa shape index (κ3) is 4.55. The van der Waals surface area contributed by atoms with Gasteiger partial charge in [-0.05, 0) is 55.0 Å². The highest BCUT2D eigenvalue weighted by Gasteiger charge is 2.20. The van der Waals surface area contributed by atoms with Crippen molar-refractivity contribution in [3.8, 4) is 5.69 Å². The molecule has 2 N–H and O–H groups in total. The molecule has 0 atom stereocenters. The molecular weight excluding hydrogens is 378 g/mol. The van der Waals surface area contributed by atoms with E-state index in [2.05, 4.69) is 20.9 Å². The second kappa shape index (κ2) is 8.67. The number of hydrogen-bond acceptors (Lipinski definition) is 4. The minimum atomic E-state index is -0.337. The highest BCUT2D eigenvalue weighted by atomic mass is 35.5. The van der Waals surface area contributed by atoms with E-state index in [1.807, 2.05) is 19.1 Å². The summed E-state index contributed by atoms with van der Waals surface area (Å²) in [5.74, 6) is -0.490. The van der Waals surface area contributed by atoms with Gasteiger partial charge in [0.05, 0.1) is 11.4 Å². The second-order valence-electron chi connectivity index (χ2n) is 6.24. The summed E-state index contributed by atoms with van der Waals surface area (Å²) < 4.78 is 1.66. The molecule has 2 amide bonds. The van der Waals surface area contributed by atoms with E-state index in [1.54, 1.807) is 41.1 Å². The number of halogens is 1. The van der Waals surface area contributed by atoms with Crippen molar-refractivity contribution in [1.29, 1.82) is 0 Å². The molecule has 0 saturated carbocycles. The Labute approximate surface area is 167 Å². The molecule has 8 heteroatoms. The van der Waals surface area contributed by atoms with E-state index in [4.69, 9.17) is 11.6 Å². The fourth-order valence-electron chi connectivity index (χ4n) is 2.76. The average molecular weight is 398 g/mol. The fraction of sp³-hybridized carbons (Fsp3) is 0.200. The Balaban J connectivity index is 1.83. The molecule has 144 valence electrons. The van der Waals surface area contributed by atoms with Crippen molar-refractivity contribution in [2.45, 2.75) is 26.7 Å². The van der Waals surface area contributed by atoms with Gasteiger partial charge in [-0.25, -0.2) is 4.68 Å². The van der Waals surface area contributed by atoms with Crippen LogP contribution in [-0.4, -0.2) is 26.8 Å². The number of benzene rings is 2. The molecule has 0 radical (unpaired) electrons. The van der Waals surface area contributed by atoms with Crippen molar-refractivity contribution in [2.24, 2.45) is 0 Å². The van der Waals surface area contributed by atoms with E-state index in [9.17, 15) is 9.59 Å². The van der Waals surface area contributed by atoms with Crippen molar-refractivity contribution >= 4 is 34.8 Å². The van der Waals surface area contributed by atoms with Crippen LogP contribution in [0.25, 0.3) is 5.69 Å². The number of nitrogens with one attached hydrogen (secondary N) is 2. The minimum Gasteiger partial charge on any atom is -0.326 e. The molecule has 0 fully saturated rings. The van der Waals surface area contributed by atoms with Gasteiger partial charge in [0.15, 0.2) is 5.69 Å². The van der Waals surface area contributed by atoms with Gasteiger partial charge in [-0.2, -0.15) is 0 Å². The summed E-state index contributed by atoms with van der Waals surface area (Å²) in [6.45, 7) is 3.47. The third-order valence-electron chi connectivity index (χ3n) is 4.00. The molecule has 0 spiro atoms. The van der Waals surface area contributed by atoms with Crippen LogP contribution in [0, 0.1) is 0 Å². The van der Waals surface area contributed by atoms with Crippen LogP contribution in [-0.2, 0) is 11.2 Å².